The van der Waals surface area contributed by atoms with Gasteiger partial charge in [-0.25, -0.2) is 0 Å². The number of halogens is 1. The Morgan fingerprint density at radius 3 is 2.50 bits per heavy atom. The van der Waals surface area contributed by atoms with Crippen molar-refractivity contribution < 1.29 is 9.90 Å². The summed E-state index contributed by atoms with van der Waals surface area (Å²) in [5.41, 5.74) is 7.49. The van der Waals surface area contributed by atoms with Gasteiger partial charge >= 0.3 is 0 Å². The summed E-state index contributed by atoms with van der Waals surface area (Å²) in [7, 11) is 0. The number of hydrogen-bond donors (Lipinski definition) is 3. The predicted molar refractivity (Wildman–Crippen MR) is 82.6 cm³/mol. The maximum Gasteiger partial charge on any atom is 0.241 e. The Morgan fingerprint density at radius 1 is 1.20 bits per heavy atom. The summed E-state index contributed by atoms with van der Waals surface area (Å²) in [6, 6.07) is 13.4. The molecule has 104 valence electrons. The first-order chi connectivity index (χ1) is 9.56. The average Bonchev–Trinajstić information content (AvgIpc) is 2.44. The summed E-state index contributed by atoms with van der Waals surface area (Å²) in [4.78, 5) is 12.0. The molecule has 4 nitrogen and oxygen atoms in total. The van der Waals surface area contributed by atoms with Gasteiger partial charge in [0.1, 0.15) is 5.75 Å². The van der Waals surface area contributed by atoms with Crippen molar-refractivity contribution in [3.63, 3.8) is 0 Å². The lowest BCUT2D eigenvalue weighted by molar-refractivity contribution is -0.117. The van der Waals surface area contributed by atoms with Gasteiger partial charge in [-0.15, -0.1) is 0 Å². The monoisotopic (exact) mass is 334 g/mol. The molecule has 0 unspecified atom stereocenters. The fraction of sp³-hybridized carbons (Fsp3) is 0.133. The van der Waals surface area contributed by atoms with Crippen molar-refractivity contribution in [2.75, 3.05) is 5.32 Å². The molecule has 2 aromatic carbocycles. The van der Waals surface area contributed by atoms with E-state index < -0.39 is 6.04 Å². The zero-order valence-electron chi connectivity index (χ0n) is 10.7. The number of phenolic OH excluding ortho intramolecular Hbond substituents is 1. The largest absolute Gasteiger partial charge is 0.508 e. The Kier molecular flexibility index (Phi) is 4.76. The Labute approximate surface area is 125 Å². The second kappa shape index (κ2) is 6.54. The normalized spacial score (nSPS) is 11.9. The molecule has 0 aromatic heterocycles. The SMILES string of the molecule is N[C@@H](Cc1ccc(O)cc1)C(=O)Nc1ccccc1Br. The van der Waals surface area contributed by atoms with E-state index in [0.717, 1.165) is 10.0 Å². The van der Waals surface area contributed by atoms with Crippen molar-refractivity contribution in [2.24, 2.45) is 5.73 Å². The van der Waals surface area contributed by atoms with Crippen molar-refractivity contribution in [1.82, 2.24) is 0 Å². The number of carbonyl (C=O) groups excluding carboxylic acids is 1. The third-order valence-electron chi connectivity index (χ3n) is 2.86. The molecule has 0 fully saturated rings. The van der Waals surface area contributed by atoms with Gasteiger partial charge in [-0.05, 0) is 52.2 Å². The van der Waals surface area contributed by atoms with E-state index in [2.05, 4.69) is 21.2 Å². The number of nitrogens with one attached hydrogen (secondary N) is 1. The number of carbonyl (C=O) groups is 1. The number of nitrogens with two attached hydrogens (primary N) is 1. The molecule has 1 amide bonds. The Bertz CT molecular complexity index is 599. The van der Waals surface area contributed by atoms with Crippen LogP contribution in [0.5, 0.6) is 5.75 Å². The van der Waals surface area contributed by atoms with Gasteiger partial charge in [0.25, 0.3) is 0 Å². The predicted octanol–water partition coefficient (Wildman–Crippen LogP) is 2.66. The van der Waals surface area contributed by atoms with Gasteiger partial charge in [0, 0.05) is 4.47 Å². The molecule has 0 saturated carbocycles. The Balaban J connectivity index is 1.99. The summed E-state index contributed by atoms with van der Waals surface area (Å²) in [5.74, 6) is -0.0510. The quantitative estimate of drug-likeness (QED) is 0.804. The van der Waals surface area contributed by atoms with E-state index in [4.69, 9.17) is 5.73 Å². The highest BCUT2D eigenvalue weighted by molar-refractivity contribution is 9.10. The van der Waals surface area contributed by atoms with Crippen LogP contribution in [0.3, 0.4) is 0 Å². The number of amides is 1. The summed E-state index contributed by atoms with van der Waals surface area (Å²) in [5, 5.41) is 12.0. The van der Waals surface area contributed by atoms with E-state index in [1.54, 1.807) is 30.3 Å². The minimum absolute atomic E-state index is 0.194. The molecule has 2 aromatic rings. The summed E-state index contributed by atoms with van der Waals surface area (Å²) in [6.07, 6.45) is 0.413. The van der Waals surface area contributed by atoms with Crippen LogP contribution in [0.1, 0.15) is 5.56 Å². The maximum atomic E-state index is 12.0. The first-order valence-corrected chi connectivity index (χ1v) is 6.94. The number of anilines is 1. The zero-order chi connectivity index (χ0) is 14.5. The van der Waals surface area contributed by atoms with Crippen molar-refractivity contribution in [3.05, 3.63) is 58.6 Å². The van der Waals surface area contributed by atoms with Gasteiger partial charge in [0.2, 0.25) is 5.91 Å². The van der Waals surface area contributed by atoms with Gasteiger partial charge in [-0.2, -0.15) is 0 Å². The molecule has 0 bridgehead atoms. The van der Waals surface area contributed by atoms with Crippen LogP contribution in [0, 0.1) is 0 Å². The van der Waals surface area contributed by atoms with E-state index in [0.29, 0.717) is 12.1 Å². The third-order valence-corrected chi connectivity index (χ3v) is 3.55. The van der Waals surface area contributed by atoms with Gasteiger partial charge in [-0.3, -0.25) is 4.79 Å². The van der Waals surface area contributed by atoms with E-state index in [1.807, 2.05) is 18.2 Å². The highest BCUT2D eigenvalue weighted by atomic mass is 79.9. The molecule has 5 heteroatoms. The highest BCUT2D eigenvalue weighted by Crippen LogP contribution is 2.21. The number of rotatable bonds is 4. The summed E-state index contributed by atoms with van der Waals surface area (Å²) >= 11 is 3.37. The summed E-state index contributed by atoms with van der Waals surface area (Å²) in [6.45, 7) is 0. The van der Waals surface area contributed by atoms with Crippen LogP contribution in [0.4, 0.5) is 5.69 Å². The molecule has 0 radical (unpaired) electrons. The third kappa shape index (κ3) is 3.82. The molecule has 1 atom stereocenters. The van der Waals surface area contributed by atoms with E-state index in [-0.39, 0.29) is 11.7 Å². The van der Waals surface area contributed by atoms with Gasteiger partial charge in [-0.1, -0.05) is 24.3 Å². The number of para-hydroxylation sites is 1. The molecule has 0 aliphatic rings. The van der Waals surface area contributed by atoms with Crippen LogP contribution in [-0.2, 0) is 11.2 Å². The van der Waals surface area contributed by atoms with E-state index in [1.165, 1.54) is 0 Å². The minimum atomic E-state index is -0.647. The molecule has 0 heterocycles. The fourth-order valence-electron chi connectivity index (χ4n) is 1.77. The fourth-order valence-corrected chi connectivity index (χ4v) is 2.15. The van der Waals surface area contributed by atoms with Crippen molar-refractivity contribution >= 4 is 27.5 Å². The Morgan fingerprint density at radius 2 is 1.85 bits per heavy atom. The molecular weight excluding hydrogens is 320 g/mol. The average molecular weight is 335 g/mol. The standard InChI is InChI=1S/C15H15BrN2O2/c16-12-3-1-2-4-14(12)18-15(20)13(17)9-10-5-7-11(19)8-6-10/h1-8,13,19H,9,17H2,(H,18,20)/t13-/m0/s1. The van der Waals surface area contributed by atoms with Crippen LogP contribution in [0.15, 0.2) is 53.0 Å². The lowest BCUT2D eigenvalue weighted by Crippen LogP contribution is -2.37. The van der Waals surface area contributed by atoms with Crippen molar-refractivity contribution in [3.8, 4) is 5.75 Å². The lowest BCUT2D eigenvalue weighted by Gasteiger charge is -2.13. The summed E-state index contributed by atoms with van der Waals surface area (Å²) < 4.78 is 0.810. The van der Waals surface area contributed by atoms with Gasteiger partial charge in [0.15, 0.2) is 0 Å². The smallest absolute Gasteiger partial charge is 0.241 e. The number of phenols is 1. The first-order valence-electron chi connectivity index (χ1n) is 6.15. The second-order valence-electron chi connectivity index (χ2n) is 4.45. The molecule has 20 heavy (non-hydrogen) atoms. The maximum absolute atomic E-state index is 12.0. The minimum Gasteiger partial charge on any atom is -0.508 e. The molecule has 0 saturated heterocycles. The second-order valence-corrected chi connectivity index (χ2v) is 5.30. The molecule has 0 aliphatic carbocycles. The van der Waals surface area contributed by atoms with Crippen LogP contribution < -0.4 is 11.1 Å². The Hall–Kier alpha value is -1.85. The van der Waals surface area contributed by atoms with E-state index >= 15 is 0 Å². The zero-order valence-corrected chi connectivity index (χ0v) is 12.3. The van der Waals surface area contributed by atoms with Crippen molar-refractivity contribution in [2.45, 2.75) is 12.5 Å². The highest BCUT2D eigenvalue weighted by Gasteiger charge is 2.15. The van der Waals surface area contributed by atoms with E-state index in [9.17, 15) is 9.90 Å². The number of hydrogen-bond acceptors (Lipinski definition) is 3. The van der Waals surface area contributed by atoms with Crippen LogP contribution >= 0.6 is 15.9 Å². The molecule has 0 spiro atoms. The molecule has 0 aliphatic heterocycles. The topological polar surface area (TPSA) is 75.3 Å². The first kappa shape index (κ1) is 14.6. The molecule has 2 rings (SSSR count). The number of aromatic hydroxyl groups is 1. The molecule has 4 N–H and O–H groups in total. The van der Waals surface area contributed by atoms with Crippen molar-refractivity contribution in [1.29, 1.82) is 0 Å². The van der Waals surface area contributed by atoms with Gasteiger partial charge < -0.3 is 16.2 Å². The lowest BCUT2D eigenvalue weighted by atomic mass is 10.1. The van der Waals surface area contributed by atoms with Crippen LogP contribution in [-0.4, -0.2) is 17.1 Å². The molecular formula is C15H15BrN2O2. The van der Waals surface area contributed by atoms with Gasteiger partial charge in [0.05, 0.1) is 11.7 Å². The number of benzene rings is 2. The van der Waals surface area contributed by atoms with Crippen LogP contribution in [0.25, 0.3) is 0 Å². The van der Waals surface area contributed by atoms with Crippen LogP contribution in [0.2, 0.25) is 0 Å².